The molecule has 148 valence electrons. The monoisotopic (exact) mass is 405 g/mol. The molecule has 2 aromatic heterocycles. The second kappa shape index (κ2) is 8.68. The Balaban J connectivity index is 1.46. The first-order valence-corrected chi connectivity index (χ1v) is 10.5. The minimum absolute atomic E-state index is 0.220. The number of aliphatic hydroxyl groups excluding tert-OH is 1. The Morgan fingerprint density at radius 2 is 1.97 bits per heavy atom. The smallest absolute Gasteiger partial charge is 0.196 e. The zero-order valence-electron chi connectivity index (χ0n) is 16.3. The van der Waals surface area contributed by atoms with E-state index in [4.69, 9.17) is 4.74 Å². The lowest BCUT2D eigenvalue weighted by atomic mass is 10.1. The van der Waals surface area contributed by atoms with Crippen molar-refractivity contribution in [2.45, 2.75) is 24.6 Å². The Labute approximate surface area is 174 Å². The number of para-hydroxylation sites is 2. The summed E-state index contributed by atoms with van der Waals surface area (Å²) in [5, 5.41) is 21.0. The zero-order valence-corrected chi connectivity index (χ0v) is 17.1. The lowest BCUT2D eigenvalue weighted by molar-refractivity contribution is 0.126. The molecule has 1 N–H and O–H groups in total. The van der Waals surface area contributed by atoms with Crippen LogP contribution in [0.4, 0.5) is 0 Å². The average molecular weight is 406 g/mol. The lowest BCUT2D eigenvalue weighted by Gasteiger charge is -2.14. The first kappa shape index (κ1) is 19.5. The molecule has 0 spiro atoms. The van der Waals surface area contributed by atoms with Gasteiger partial charge in [0, 0.05) is 11.1 Å². The Morgan fingerprint density at radius 1 is 1.17 bits per heavy atom. The zero-order chi connectivity index (χ0) is 20.2. The minimum atomic E-state index is -0.624. The van der Waals surface area contributed by atoms with E-state index in [0.29, 0.717) is 5.75 Å². The van der Waals surface area contributed by atoms with Gasteiger partial charge >= 0.3 is 0 Å². The van der Waals surface area contributed by atoms with Crippen molar-refractivity contribution in [3.8, 4) is 5.75 Å². The lowest BCUT2D eigenvalue weighted by Crippen LogP contribution is -2.20. The van der Waals surface area contributed by atoms with Crippen LogP contribution in [0.2, 0.25) is 0 Å². The van der Waals surface area contributed by atoms with E-state index >= 15 is 0 Å². The summed E-state index contributed by atoms with van der Waals surface area (Å²) in [6, 6.07) is 18.1. The highest BCUT2D eigenvalue weighted by Gasteiger charge is 2.14. The Hall–Kier alpha value is -2.83. The van der Waals surface area contributed by atoms with Crippen LogP contribution in [0, 0.1) is 6.92 Å². The van der Waals surface area contributed by atoms with Gasteiger partial charge in [-0.05, 0) is 42.7 Å². The number of aliphatic hydroxyl groups is 1. The molecular weight excluding hydrogens is 382 g/mol. The van der Waals surface area contributed by atoms with Gasteiger partial charge in [-0.1, -0.05) is 54.2 Å². The molecule has 4 rings (SSSR count). The van der Waals surface area contributed by atoms with Crippen molar-refractivity contribution in [2.75, 3.05) is 12.4 Å². The maximum atomic E-state index is 10.4. The summed E-state index contributed by atoms with van der Waals surface area (Å²) in [7, 11) is 0. The van der Waals surface area contributed by atoms with Crippen molar-refractivity contribution >= 4 is 28.3 Å². The first-order chi connectivity index (χ1) is 14.2. The average Bonchev–Trinajstić information content (AvgIpc) is 3.15. The molecule has 0 radical (unpaired) electrons. The third-order valence-corrected chi connectivity index (χ3v) is 5.82. The van der Waals surface area contributed by atoms with Crippen molar-refractivity contribution in [1.29, 1.82) is 0 Å². The van der Waals surface area contributed by atoms with Gasteiger partial charge in [0.15, 0.2) is 10.8 Å². The fourth-order valence-corrected chi connectivity index (χ4v) is 4.20. The molecule has 0 amide bonds. The number of ether oxygens (including phenoxy) is 1. The van der Waals surface area contributed by atoms with Crippen molar-refractivity contribution < 1.29 is 9.84 Å². The molecule has 1 unspecified atom stereocenters. The standard InChI is InChI=1S/C23H23N3O2S/c1-3-8-17-9-4-7-12-21(17)28-14-18(27)15-29-23-25-24-22-13-16(2)19-10-5-6-11-20(19)26(22)23/h3-7,9-13,18,27H,1,8,14-15H2,2H3. The number of aromatic nitrogens is 3. The molecule has 0 saturated carbocycles. The second-order valence-electron chi connectivity index (χ2n) is 6.90. The summed E-state index contributed by atoms with van der Waals surface area (Å²) in [4.78, 5) is 0. The molecular formula is C23H23N3O2S. The molecule has 2 aromatic carbocycles. The molecule has 0 aliphatic carbocycles. The van der Waals surface area contributed by atoms with Crippen LogP contribution in [0.1, 0.15) is 11.1 Å². The molecule has 0 bridgehead atoms. The number of hydrogen-bond donors (Lipinski definition) is 1. The largest absolute Gasteiger partial charge is 0.491 e. The van der Waals surface area contributed by atoms with E-state index in [9.17, 15) is 5.11 Å². The molecule has 0 aliphatic heterocycles. The van der Waals surface area contributed by atoms with Crippen LogP contribution in [0.5, 0.6) is 5.75 Å². The molecule has 6 heteroatoms. The van der Waals surface area contributed by atoms with Gasteiger partial charge in [-0.2, -0.15) is 0 Å². The minimum Gasteiger partial charge on any atom is -0.491 e. The highest BCUT2D eigenvalue weighted by Crippen LogP contribution is 2.26. The number of thioether (sulfide) groups is 1. The summed E-state index contributed by atoms with van der Waals surface area (Å²) in [5.74, 6) is 1.25. The van der Waals surface area contributed by atoms with Gasteiger partial charge in [-0.3, -0.25) is 4.40 Å². The topological polar surface area (TPSA) is 59.7 Å². The van der Waals surface area contributed by atoms with Gasteiger partial charge in [-0.25, -0.2) is 0 Å². The number of pyridine rings is 1. The molecule has 29 heavy (non-hydrogen) atoms. The quantitative estimate of drug-likeness (QED) is 0.347. The van der Waals surface area contributed by atoms with E-state index in [0.717, 1.165) is 34.1 Å². The number of allylic oxidation sites excluding steroid dienone is 1. The van der Waals surface area contributed by atoms with Crippen LogP contribution < -0.4 is 4.74 Å². The van der Waals surface area contributed by atoms with Gasteiger partial charge in [0.25, 0.3) is 0 Å². The number of nitrogens with zero attached hydrogens (tertiary/aromatic N) is 3. The van der Waals surface area contributed by atoms with E-state index < -0.39 is 6.10 Å². The Morgan fingerprint density at radius 3 is 2.83 bits per heavy atom. The predicted octanol–water partition coefficient (Wildman–Crippen LogP) is 4.45. The highest BCUT2D eigenvalue weighted by molar-refractivity contribution is 7.99. The number of fused-ring (bicyclic) bond motifs is 3. The van der Waals surface area contributed by atoms with Gasteiger partial charge in [0.1, 0.15) is 12.4 Å². The van der Waals surface area contributed by atoms with Crippen LogP contribution >= 0.6 is 11.8 Å². The van der Waals surface area contributed by atoms with Crippen LogP contribution in [0.15, 0.2) is 72.4 Å². The summed E-state index contributed by atoms with van der Waals surface area (Å²) in [6.45, 7) is 6.08. The maximum Gasteiger partial charge on any atom is 0.196 e. The highest BCUT2D eigenvalue weighted by atomic mass is 32.2. The molecule has 1 atom stereocenters. The Kier molecular flexibility index (Phi) is 5.83. The fourth-order valence-electron chi connectivity index (χ4n) is 3.34. The van der Waals surface area contributed by atoms with Gasteiger partial charge < -0.3 is 9.84 Å². The van der Waals surface area contributed by atoms with Crippen molar-refractivity contribution in [3.63, 3.8) is 0 Å². The van der Waals surface area contributed by atoms with Gasteiger partial charge in [0.2, 0.25) is 0 Å². The summed E-state index contributed by atoms with van der Waals surface area (Å²) in [6.07, 6.45) is 1.96. The predicted molar refractivity (Wildman–Crippen MR) is 118 cm³/mol. The summed E-state index contributed by atoms with van der Waals surface area (Å²) >= 11 is 1.48. The van der Waals surface area contributed by atoms with E-state index in [1.54, 1.807) is 0 Å². The van der Waals surface area contributed by atoms with Crippen LogP contribution in [-0.4, -0.2) is 38.2 Å². The normalized spacial score (nSPS) is 12.3. The third kappa shape index (κ3) is 4.13. The number of benzene rings is 2. The van der Waals surface area contributed by atoms with E-state index in [1.807, 2.05) is 52.9 Å². The number of aryl methyl sites for hydroxylation is 1. The van der Waals surface area contributed by atoms with Crippen molar-refractivity contribution in [2.24, 2.45) is 0 Å². The molecule has 5 nitrogen and oxygen atoms in total. The number of hydrogen-bond acceptors (Lipinski definition) is 5. The summed E-state index contributed by atoms with van der Waals surface area (Å²) < 4.78 is 7.88. The second-order valence-corrected chi connectivity index (χ2v) is 7.88. The third-order valence-electron chi connectivity index (χ3n) is 4.75. The van der Waals surface area contributed by atoms with Crippen LogP contribution in [0.25, 0.3) is 16.6 Å². The molecule has 0 fully saturated rings. The van der Waals surface area contributed by atoms with E-state index in [2.05, 4.69) is 35.8 Å². The van der Waals surface area contributed by atoms with Crippen molar-refractivity contribution in [1.82, 2.24) is 14.6 Å². The van der Waals surface area contributed by atoms with Crippen LogP contribution in [-0.2, 0) is 6.42 Å². The van der Waals surface area contributed by atoms with Crippen LogP contribution in [0.3, 0.4) is 0 Å². The number of rotatable bonds is 8. The SMILES string of the molecule is C=CCc1ccccc1OCC(O)CSc1nnc2cc(C)c3ccccc3n12. The Bertz CT molecular complexity index is 1160. The molecule has 2 heterocycles. The first-order valence-electron chi connectivity index (χ1n) is 9.53. The van der Waals surface area contributed by atoms with Gasteiger partial charge in [0.05, 0.1) is 11.6 Å². The van der Waals surface area contributed by atoms with E-state index in [1.165, 1.54) is 22.7 Å². The van der Waals surface area contributed by atoms with Crippen molar-refractivity contribution in [3.05, 3.63) is 78.4 Å². The van der Waals surface area contributed by atoms with Gasteiger partial charge in [-0.15, -0.1) is 16.8 Å². The molecule has 0 saturated heterocycles. The van der Waals surface area contributed by atoms with E-state index in [-0.39, 0.29) is 6.61 Å². The summed E-state index contributed by atoms with van der Waals surface area (Å²) in [5.41, 5.74) is 4.11. The maximum absolute atomic E-state index is 10.4. The fraction of sp³-hybridized carbons (Fsp3) is 0.217. The molecule has 4 aromatic rings. The molecule has 0 aliphatic rings.